The molecule has 2 aromatic rings. The highest BCUT2D eigenvalue weighted by Crippen LogP contribution is 2.28. The average Bonchev–Trinajstić information content (AvgIpc) is 2.35. The molecule has 1 heterocycles. The first-order chi connectivity index (χ1) is 8.61. The summed E-state index contributed by atoms with van der Waals surface area (Å²) in [5, 5.41) is 0.858. The maximum absolute atomic E-state index is 11.3. The molecule has 0 amide bonds. The van der Waals surface area contributed by atoms with Gasteiger partial charge in [-0.15, -0.1) is 0 Å². The first-order valence-electron chi connectivity index (χ1n) is 5.56. The molecule has 92 valence electrons. The Morgan fingerprint density at radius 2 is 2.06 bits per heavy atom. The van der Waals surface area contributed by atoms with E-state index in [9.17, 15) is 4.79 Å². The number of fused-ring (bicyclic) bond motifs is 1. The smallest absolute Gasteiger partial charge is 0.336 e. The van der Waals surface area contributed by atoms with Crippen LogP contribution in [-0.4, -0.2) is 7.11 Å². The molecule has 0 bridgehead atoms. The molecule has 0 aliphatic heterocycles. The molecule has 0 saturated heterocycles. The Balaban J connectivity index is 2.75. The van der Waals surface area contributed by atoms with Crippen molar-refractivity contribution in [1.29, 1.82) is 0 Å². The van der Waals surface area contributed by atoms with Crippen LogP contribution < -0.4 is 10.4 Å². The third-order valence-electron chi connectivity index (χ3n) is 2.54. The summed E-state index contributed by atoms with van der Waals surface area (Å²) in [7, 11) is 1.58. The standard InChI is InChI=1S/C15H14O3/c1-10(2)4-7-12-13(17-3)8-5-11-6-9-14(16)18-15(11)12/h4-9H,1H2,2-3H3/b7-4-. The zero-order valence-corrected chi connectivity index (χ0v) is 10.4. The van der Waals surface area contributed by atoms with Crippen LogP contribution in [0.3, 0.4) is 0 Å². The number of hydrogen-bond acceptors (Lipinski definition) is 3. The Kier molecular flexibility index (Phi) is 3.33. The Bertz CT molecular complexity index is 678. The SMILES string of the molecule is C=C(C)/C=C\c1c(OC)ccc2ccc(=O)oc12. The Labute approximate surface area is 105 Å². The van der Waals surface area contributed by atoms with E-state index in [2.05, 4.69) is 6.58 Å². The van der Waals surface area contributed by atoms with Gasteiger partial charge in [-0.3, -0.25) is 0 Å². The van der Waals surface area contributed by atoms with Crippen molar-refractivity contribution in [3.63, 3.8) is 0 Å². The van der Waals surface area contributed by atoms with Crippen molar-refractivity contribution in [3.8, 4) is 5.75 Å². The van der Waals surface area contributed by atoms with E-state index in [-0.39, 0.29) is 5.63 Å². The van der Waals surface area contributed by atoms with Crippen molar-refractivity contribution in [2.75, 3.05) is 7.11 Å². The first-order valence-corrected chi connectivity index (χ1v) is 5.56. The number of methoxy groups -OCH3 is 1. The molecule has 0 fully saturated rings. The molecule has 3 nitrogen and oxygen atoms in total. The van der Waals surface area contributed by atoms with E-state index in [4.69, 9.17) is 9.15 Å². The minimum Gasteiger partial charge on any atom is -0.496 e. The van der Waals surface area contributed by atoms with Crippen LogP contribution in [0.1, 0.15) is 12.5 Å². The molecule has 0 atom stereocenters. The molecule has 1 aromatic carbocycles. The van der Waals surface area contributed by atoms with Crippen LogP contribution in [0.15, 0.2) is 51.7 Å². The van der Waals surface area contributed by atoms with E-state index in [1.54, 1.807) is 13.2 Å². The molecule has 1 aromatic heterocycles. The fraction of sp³-hybridized carbons (Fsp3) is 0.133. The number of rotatable bonds is 3. The van der Waals surface area contributed by atoms with Gasteiger partial charge in [-0.2, -0.15) is 0 Å². The van der Waals surface area contributed by atoms with Gasteiger partial charge >= 0.3 is 5.63 Å². The topological polar surface area (TPSA) is 39.4 Å². The van der Waals surface area contributed by atoms with Gasteiger partial charge in [0.1, 0.15) is 11.3 Å². The Morgan fingerprint density at radius 1 is 1.33 bits per heavy atom. The molecule has 0 unspecified atom stereocenters. The zero-order chi connectivity index (χ0) is 13.1. The van der Waals surface area contributed by atoms with Crippen molar-refractivity contribution < 1.29 is 9.15 Å². The van der Waals surface area contributed by atoms with Crippen molar-refractivity contribution in [2.24, 2.45) is 0 Å². The fourth-order valence-electron chi connectivity index (χ4n) is 1.70. The van der Waals surface area contributed by atoms with Gasteiger partial charge in [-0.25, -0.2) is 4.79 Å². The van der Waals surface area contributed by atoms with Crippen molar-refractivity contribution in [1.82, 2.24) is 0 Å². The summed E-state index contributed by atoms with van der Waals surface area (Å²) < 4.78 is 10.5. The third-order valence-corrected chi connectivity index (χ3v) is 2.54. The summed E-state index contributed by atoms with van der Waals surface area (Å²) in [5.41, 5.74) is 1.81. The van der Waals surface area contributed by atoms with E-state index >= 15 is 0 Å². The van der Waals surface area contributed by atoms with Crippen LogP contribution in [0, 0.1) is 0 Å². The quantitative estimate of drug-likeness (QED) is 0.611. The van der Waals surface area contributed by atoms with E-state index in [0.29, 0.717) is 11.3 Å². The maximum Gasteiger partial charge on any atom is 0.336 e. The van der Waals surface area contributed by atoms with Crippen LogP contribution in [0.25, 0.3) is 17.0 Å². The molecular formula is C15H14O3. The van der Waals surface area contributed by atoms with Crippen molar-refractivity contribution in [2.45, 2.75) is 6.92 Å². The highest BCUT2D eigenvalue weighted by Gasteiger charge is 2.08. The van der Waals surface area contributed by atoms with Gasteiger partial charge in [0.2, 0.25) is 0 Å². The van der Waals surface area contributed by atoms with Gasteiger partial charge in [0.15, 0.2) is 0 Å². The summed E-state index contributed by atoms with van der Waals surface area (Å²) in [5.74, 6) is 0.661. The summed E-state index contributed by atoms with van der Waals surface area (Å²) in [6.07, 6.45) is 3.69. The van der Waals surface area contributed by atoms with Crippen LogP contribution in [0.4, 0.5) is 0 Å². The van der Waals surface area contributed by atoms with Gasteiger partial charge in [0.05, 0.1) is 12.7 Å². The lowest BCUT2D eigenvalue weighted by Gasteiger charge is -2.07. The van der Waals surface area contributed by atoms with Gasteiger partial charge in [0, 0.05) is 11.5 Å². The van der Waals surface area contributed by atoms with Gasteiger partial charge < -0.3 is 9.15 Å². The highest BCUT2D eigenvalue weighted by molar-refractivity contribution is 5.88. The average molecular weight is 242 g/mol. The molecule has 0 radical (unpaired) electrons. The summed E-state index contributed by atoms with van der Waals surface area (Å²) in [6, 6.07) is 6.84. The van der Waals surface area contributed by atoms with E-state index < -0.39 is 0 Å². The van der Waals surface area contributed by atoms with Crippen LogP contribution in [0.2, 0.25) is 0 Å². The van der Waals surface area contributed by atoms with Crippen LogP contribution >= 0.6 is 0 Å². The predicted octanol–water partition coefficient (Wildman–Crippen LogP) is 3.39. The molecular weight excluding hydrogens is 228 g/mol. The normalized spacial score (nSPS) is 11.0. The molecule has 0 aliphatic carbocycles. The van der Waals surface area contributed by atoms with Gasteiger partial charge in [-0.05, 0) is 31.2 Å². The van der Waals surface area contributed by atoms with Crippen molar-refractivity contribution in [3.05, 3.63) is 58.5 Å². The summed E-state index contributed by atoms with van der Waals surface area (Å²) >= 11 is 0. The van der Waals surface area contributed by atoms with E-state index in [1.165, 1.54) is 6.07 Å². The van der Waals surface area contributed by atoms with Crippen LogP contribution in [-0.2, 0) is 0 Å². The van der Waals surface area contributed by atoms with E-state index in [1.807, 2.05) is 31.2 Å². The zero-order valence-electron chi connectivity index (χ0n) is 10.4. The second-order valence-electron chi connectivity index (χ2n) is 4.03. The molecule has 0 N–H and O–H groups in total. The monoisotopic (exact) mass is 242 g/mol. The largest absolute Gasteiger partial charge is 0.496 e. The minimum atomic E-state index is -0.374. The van der Waals surface area contributed by atoms with E-state index in [0.717, 1.165) is 16.5 Å². The van der Waals surface area contributed by atoms with Crippen molar-refractivity contribution >= 4 is 17.0 Å². The van der Waals surface area contributed by atoms with Gasteiger partial charge in [0.25, 0.3) is 0 Å². The second-order valence-corrected chi connectivity index (χ2v) is 4.03. The fourth-order valence-corrected chi connectivity index (χ4v) is 1.70. The molecule has 0 saturated carbocycles. The Hall–Kier alpha value is -2.29. The Morgan fingerprint density at radius 3 is 2.72 bits per heavy atom. The summed E-state index contributed by atoms with van der Waals surface area (Å²) in [4.78, 5) is 11.3. The second kappa shape index (κ2) is 4.92. The molecule has 0 spiro atoms. The molecule has 2 rings (SSSR count). The lowest BCUT2D eigenvalue weighted by Crippen LogP contribution is -1.97. The number of hydrogen-bond donors (Lipinski definition) is 0. The van der Waals surface area contributed by atoms with Gasteiger partial charge in [-0.1, -0.05) is 18.2 Å². The number of benzene rings is 1. The lowest BCUT2D eigenvalue weighted by molar-refractivity contribution is 0.413. The predicted molar refractivity (Wildman–Crippen MR) is 72.9 cm³/mol. The minimum absolute atomic E-state index is 0.374. The maximum atomic E-state index is 11.3. The summed E-state index contributed by atoms with van der Waals surface area (Å²) in [6.45, 7) is 5.70. The van der Waals surface area contributed by atoms with Crippen LogP contribution in [0.5, 0.6) is 5.75 Å². The third kappa shape index (κ3) is 2.35. The lowest BCUT2D eigenvalue weighted by atomic mass is 10.1. The molecule has 18 heavy (non-hydrogen) atoms. The first kappa shape index (κ1) is 12.2. The number of ether oxygens (including phenoxy) is 1. The molecule has 3 heteroatoms. The number of allylic oxidation sites excluding steroid dienone is 2. The molecule has 0 aliphatic rings. The highest BCUT2D eigenvalue weighted by atomic mass is 16.5.